The molecule has 1 aliphatic carbocycles. The number of nitrogens with one attached hydrogen (secondary N) is 1. The van der Waals surface area contributed by atoms with Gasteiger partial charge in [-0.2, -0.15) is 4.31 Å². The number of amides is 1. The molecule has 0 spiro atoms. The lowest BCUT2D eigenvalue weighted by Gasteiger charge is -2.35. The highest BCUT2D eigenvalue weighted by molar-refractivity contribution is 7.89. The lowest BCUT2D eigenvalue weighted by atomic mass is 9.95. The molecule has 30 heavy (non-hydrogen) atoms. The van der Waals surface area contributed by atoms with E-state index in [1.807, 2.05) is 24.3 Å². The van der Waals surface area contributed by atoms with Gasteiger partial charge in [-0.15, -0.1) is 11.3 Å². The number of benzene rings is 1. The number of nitrogens with zero attached hydrogens (tertiary/aromatic N) is 2. The Balaban J connectivity index is 1.44. The van der Waals surface area contributed by atoms with Crippen LogP contribution in [0.3, 0.4) is 0 Å². The first-order valence-electron chi connectivity index (χ1n) is 10.3. The summed E-state index contributed by atoms with van der Waals surface area (Å²) in [4.78, 5) is 15.3. The molecule has 2 aromatic rings. The Morgan fingerprint density at radius 1 is 1.07 bits per heavy atom. The monoisotopic (exact) mass is 467 g/mol. The maximum Gasteiger partial charge on any atom is 0.262 e. The van der Waals surface area contributed by atoms with Crippen molar-refractivity contribution in [2.45, 2.75) is 43.0 Å². The van der Waals surface area contributed by atoms with E-state index >= 15 is 0 Å². The molecule has 4 rings (SSSR count). The molecular weight excluding hydrogens is 442 g/mol. The van der Waals surface area contributed by atoms with Crippen LogP contribution < -0.4 is 10.2 Å². The van der Waals surface area contributed by atoms with Crippen LogP contribution >= 0.6 is 22.9 Å². The van der Waals surface area contributed by atoms with Crippen molar-refractivity contribution in [2.24, 2.45) is 0 Å². The minimum atomic E-state index is -3.72. The van der Waals surface area contributed by atoms with Crippen molar-refractivity contribution in [2.75, 3.05) is 31.1 Å². The van der Waals surface area contributed by atoms with Crippen LogP contribution in [0, 0.1) is 0 Å². The second-order valence-corrected chi connectivity index (χ2v) is 11.1. The Morgan fingerprint density at radius 2 is 1.80 bits per heavy atom. The molecule has 162 valence electrons. The van der Waals surface area contributed by atoms with E-state index in [0.717, 1.165) is 31.4 Å². The zero-order valence-electron chi connectivity index (χ0n) is 16.7. The highest BCUT2D eigenvalue weighted by Gasteiger charge is 2.33. The van der Waals surface area contributed by atoms with Gasteiger partial charge in [0.05, 0.1) is 0 Å². The minimum Gasteiger partial charge on any atom is -0.369 e. The summed E-state index contributed by atoms with van der Waals surface area (Å²) in [6.07, 6.45) is 5.34. The van der Waals surface area contributed by atoms with E-state index in [1.54, 1.807) is 11.4 Å². The Hall–Kier alpha value is -1.61. The van der Waals surface area contributed by atoms with Crippen molar-refractivity contribution in [1.29, 1.82) is 0 Å². The number of carbonyl (C=O) groups is 1. The standard InChI is InChI=1S/C21H26ClN3O3S2/c22-16-5-4-8-18(15-16)24-10-12-25(13-11-24)30(27,28)19-9-14-29-20(19)21(26)23-17-6-2-1-3-7-17/h4-5,8-9,14-15,17H,1-3,6-7,10-13H2,(H,23,26). The van der Waals surface area contributed by atoms with Gasteiger partial charge in [-0.1, -0.05) is 36.9 Å². The van der Waals surface area contributed by atoms with E-state index in [4.69, 9.17) is 11.6 Å². The second-order valence-electron chi connectivity index (χ2n) is 7.79. The molecule has 1 amide bonds. The molecule has 1 aliphatic heterocycles. The maximum absolute atomic E-state index is 13.3. The zero-order valence-corrected chi connectivity index (χ0v) is 19.1. The third kappa shape index (κ3) is 4.66. The first-order valence-corrected chi connectivity index (χ1v) is 13.0. The molecule has 0 radical (unpaired) electrons. The van der Waals surface area contributed by atoms with Crippen molar-refractivity contribution >= 4 is 44.6 Å². The number of sulfonamides is 1. The van der Waals surface area contributed by atoms with E-state index in [1.165, 1.54) is 22.1 Å². The quantitative estimate of drug-likeness (QED) is 0.722. The second kappa shape index (κ2) is 9.26. The number of anilines is 1. The van der Waals surface area contributed by atoms with E-state index in [2.05, 4.69) is 10.2 Å². The van der Waals surface area contributed by atoms with Gasteiger partial charge in [-0.3, -0.25) is 4.79 Å². The number of thiophene rings is 1. The van der Waals surface area contributed by atoms with Crippen LogP contribution in [0.15, 0.2) is 40.6 Å². The highest BCUT2D eigenvalue weighted by Crippen LogP contribution is 2.28. The first kappa shape index (κ1) is 21.6. The molecule has 1 saturated heterocycles. The maximum atomic E-state index is 13.3. The number of carbonyl (C=O) groups excluding carboxylic acids is 1. The van der Waals surface area contributed by atoms with Crippen molar-refractivity contribution in [3.8, 4) is 0 Å². The van der Waals surface area contributed by atoms with Crippen LogP contribution in [-0.4, -0.2) is 50.9 Å². The van der Waals surface area contributed by atoms with Crippen LogP contribution in [0.2, 0.25) is 5.02 Å². The fourth-order valence-electron chi connectivity index (χ4n) is 4.16. The first-order chi connectivity index (χ1) is 14.4. The van der Waals surface area contributed by atoms with Gasteiger partial charge in [0.1, 0.15) is 9.77 Å². The van der Waals surface area contributed by atoms with E-state index in [9.17, 15) is 13.2 Å². The SMILES string of the molecule is O=C(NC1CCCCC1)c1sccc1S(=O)(=O)N1CCN(c2cccc(Cl)c2)CC1. The van der Waals surface area contributed by atoms with Gasteiger partial charge in [0.2, 0.25) is 10.0 Å². The number of hydrogen-bond donors (Lipinski definition) is 1. The molecule has 2 aliphatic rings. The van der Waals surface area contributed by atoms with Crippen LogP contribution in [0.4, 0.5) is 5.69 Å². The van der Waals surface area contributed by atoms with Crippen molar-refractivity contribution in [3.05, 3.63) is 45.6 Å². The molecule has 0 atom stereocenters. The average Bonchev–Trinajstić information content (AvgIpc) is 3.26. The lowest BCUT2D eigenvalue weighted by molar-refractivity contribution is 0.0928. The van der Waals surface area contributed by atoms with Crippen LogP contribution in [0.5, 0.6) is 0 Å². The molecule has 2 fully saturated rings. The summed E-state index contributed by atoms with van der Waals surface area (Å²) in [5.41, 5.74) is 0.989. The normalized spacial score (nSPS) is 19.0. The number of halogens is 1. The Morgan fingerprint density at radius 3 is 2.50 bits per heavy atom. The molecule has 2 heterocycles. The fourth-order valence-corrected chi connectivity index (χ4v) is 7.07. The van der Waals surface area contributed by atoms with Crippen LogP contribution in [0.1, 0.15) is 41.8 Å². The number of hydrogen-bond acceptors (Lipinski definition) is 5. The Kier molecular flexibility index (Phi) is 6.67. The summed E-state index contributed by atoms with van der Waals surface area (Å²) in [5.74, 6) is -0.270. The fraction of sp³-hybridized carbons (Fsp3) is 0.476. The molecular formula is C21H26ClN3O3S2. The Bertz CT molecular complexity index is 994. The van der Waals surface area contributed by atoms with Gasteiger partial charge < -0.3 is 10.2 Å². The van der Waals surface area contributed by atoms with Gasteiger partial charge in [0, 0.05) is 42.9 Å². The minimum absolute atomic E-state index is 0.122. The number of piperazine rings is 1. The van der Waals surface area contributed by atoms with Crippen molar-refractivity contribution < 1.29 is 13.2 Å². The van der Waals surface area contributed by atoms with Crippen LogP contribution in [-0.2, 0) is 10.0 Å². The highest BCUT2D eigenvalue weighted by atomic mass is 35.5. The molecule has 1 aromatic heterocycles. The van der Waals surface area contributed by atoms with Gasteiger partial charge >= 0.3 is 0 Å². The molecule has 0 bridgehead atoms. The summed E-state index contributed by atoms with van der Waals surface area (Å²) in [6, 6.07) is 9.27. The molecule has 1 N–H and O–H groups in total. The van der Waals surface area contributed by atoms with Crippen molar-refractivity contribution in [3.63, 3.8) is 0 Å². The predicted molar refractivity (Wildman–Crippen MR) is 121 cm³/mol. The van der Waals surface area contributed by atoms with Gasteiger partial charge in [0.15, 0.2) is 0 Å². The van der Waals surface area contributed by atoms with E-state index < -0.39 is 10.0 Å². The summed E-state index contributed by atoms with van der Waals surface area (Å²) >= 11 is 7.27. The number of rotatable bonds is 5. The largest absolute Gasteiger partial charge is 0.369 e. The molecule has 1 saturated carbocycles. The van der Waals surface area contributed by atoms with Gasteiger partial charge in [-0.05, 0) is 42.5 Å². The summed E-state index contributed by atoms with van der Waals surface area (Å²) in [6.45, 7) is 1.89. The smallest absolute Gasteiger partial charge is 0.262 e. The van der Waals surface area contributed by atoms with Gasteiger partial charge in [0.25, 0.3) is 5.91 Å². The van der Waals surface area contributed by atoms with Gasteiger partial charge in [-0.25, -0.2) is 8.42 Å². The van der Waals surface area contributed by atoms with E-state index in [-0.39, 0.29) is 21.7 Å². The zero-order chi connectivity index (χ0) is 21.1. The summed E-state index contributed by atoms with van der Waals surface area (Å²) < 4.78 is 28.0. The topological polar surface area (TPSA) is 69.7 Å². The summed E-state index contributed by atoms with van der Waals surface area (Å²) in [7, 11) is -3.72. The average molecular weight is 468 g/mol. The molecule has 9 heteroatoms. The third-order valence-corrected chi connectivity index (χ3v) is 9.02. The van der Waals surface area contributed by atoms with E-state index in [0.29, 0.717) is 31.2 Å². The molecule has 1 aromatic carbocycles. The Labute approximate surface area is 186 Å². The third-order valence-electron chi connectivity index (χ3n) is 5.81. The molecule has 0 unspecified atom stereocenters. The summed E-state index contributed by atoms with van der Waals surface area (Å²) in [5, 5.41) is 5.39. The predicted octanol–water partition coefficient (Wildman–Crippen LogP) is 3.97. The molecule has 6 nitrogen and oxygen atoms in total. The van der Waals surface area contributed by atoms with Crippen LogP contribution in [0.25, 0.3) is 0 Å². The van der Waals surface area contributed by atoms with Crippen molar-refractivity contribution in [1.82, 2.24) is 9.62 Å². The lowest BCUT2D eigenvalue weighted by Crippen LogP contribution is -2.49.